The fourth-order valence-electron chi connectivity index (χ4n) is 1.65. The van der Waals surface area contributed by atoms with Crippen LogP contribution >= 0.6 is 0 Å². The highest BCUT2D eigenvalue weighted by atomic mass is 17.5. The van der Waals surface area contributed by atoms with E-state index in [1.807, 2.05) is 0 Å². The Morgan fingerprint density at radius 2 is 1.43 bits per heavy atom. The van der Waals surface area contributed by atoms with E-state index in [-0.39, 0.29) is 12.2 Å². The molecule has 2 heterocycles. The number of ether oxygens (including phenoxy) is 2. The summed E-state index contributed by atoms with van der Waals surface area (Å²) in [6, 6.07) is 3.43. The molecule has 4 rings (SSSR count). The zero-order chi connectivity index (χ0) is 9.12. The molecule has 2 atom stereocenters. The summed E-state index contributed by atoms with van der Waals surface area (Å²) in [5.41, 5.74) is 0. The van der Waals surface area contributed by atoms with Gasteiger partial charge in [0.1, 0.15) is 12.2 Å². The second kappa shape index (κ2) is 2.06. The normalized spacial score (nSPS) is 29.7. The van der Waals surface area contributed by atoms with Gasteiger partial charge in [-0.25, -0.2) is 0 Å². The van der Waals surface area contributed by atoms with Crippen LogP contribution in [-0.2, 0) is 5.04 Å². The molecule has 1 unspecified atom stereocenters. The Kier molecular flexibility index (Phi) is 0.999. The van der Waals surface area contributed by atoms with Gasteiger partial charge in [-0.2, -0.15) is 0 Å². The third-order valence-electron chi connectivity index (χ3n) is 2.49. The Hall–Kier alpha value is -1.62. The van der Waals surface area contributed by atoms with Crippen molar-refractivity contribution in [3.63, 3.8) is 0 Å². The number of benzene rings is 1. The van der Waals surface area contributed by atoms with Gasteiger partial charge in [-0.1, -0.05) is 0 Å². The highest BCUT2D eigenvalue weighted by Crippen LogP contribution is 2.49. The van der Waals surface area contributed by atoms with Crippen molar-refractivity contribution in [1.82, 2.24) is 0 Å². The van der Waals surface area contributed by atoms with E-state index in [1.165, 1.54) is 0 Å². The second-order valence-electron chi connectivity index (χ2n) is 3.53. The highest BCUT2D eigenvalue weighted by molar-refractivity contribution is 5.55. The summed E-state index contributed by atoms with van der Waals surface area (Å²) in [6.45, 7) is 0. The Bertz CT molecular complexity index is 379. The maximum atomic E-state index is 5.62. The van der Waals surface area contributed by atoms with E-state index in [9.17, 15) is 0 Å². The standard InChI is InChI=1S/C9H6O5/c1-4-5(1)11-7-3-9-8(12-14-13-9)2-6(7)10-4/h2-5H,1H2/t4-,5?/m1/s1. The summed E-state index contributed by atoms with van der Waals surface area (Å²) in [5.74, 6) is 2.42. The summed E-state index contributed by atoms with van der Waals surface area (Å²) in [6.07, 6.45) is 1.38. The first-order valence-electron chi connectivity index (χ1n) is 4.43. The summed E-state index contributed by atoms with van der Waals surface area (Å²) < 4.78 is 11.2. The van der Waals surface area contributed by atoms with Gasteiger partial charge in [-0.3, -0.25) is 9.78 Å². The lowest BCUT2D eigenvalue weighted by Crippen LogP contribution is -2.15. The first kappa shape index (κ1) is 6.78. The molecule has 5 heteroatoms. The molecule has 5 nitrogen and oxygen atoms in total. The van der Waals surface area contributed by atoms with Crippen LogP contribution in [0.5, 0.6) is 23.0 Å². The summed E-state index contributed by atoms with van der Waals surface area (Å²) in [4.78, 5) is 9.51. The lowest BCUT2D eigenvalue weighted by Gasteiger charge is -2.17. The van der Waals surface area contributed by atoms with Crippen LogP contribution in [0.25, 0.3) is 0 Å². The van der Waals surface area contributed by atoms with Crippen molar-refractivity contribution >= 4 is 0 Å². The monoisotopic (exact) mass is 194 g/mol. The molecule has 14 heavy (non-hydrogen) atoms. The van der Waals surface area contributed by atoms with Crippen molar-refractivity contribution in [2.24, 2.45) is 0 Å². The van der Waals surface area contributed by atoms with Gasteiger partial charge in [-0.05, 0) is 0 Å². The Morgan fingerprint density at radius 3 is 2.00 bits per heavy atom. The molecule has 0 aromatic heterocycles. The fraction of sp³-hybridized carbons (Fsp3) is 0.333. The smallest absolute Gasteiger partial charge is 0.219 e. The van der Waals surface area contributed by atoms with Crippen molar-refractivity contribution in [3.8, 4) is 23.0 Å². The Balaban J connectivity index is 1.85. The van der Waals surface area contributed by atoms with E-state index in [0.717, 1.165) is 6.42 Å². The Morgan fingerprint density at radius 1 is 0.857 bits per heavy atom. The highest BCUT2D eigenvalue weighted by Gasteiger charge is 2.46. The first-order valence-corrected chi connectivity index (χ1v) is 4.43. The van der Waals surface area contributed by atoms with Gasteiger partial charge in [0.15, 0.2) is 11.5 Å². The lowest BCUT2D eigenvalue weighted by atomic mass is 10.2. The van der Waals surface area contributed by atoms with Crippen LogP contribution in [0.2, 0.25) is 0 Å². The van der Waals surface area contributed by atoms with Gasteiger partial charge in [-0.15, -0.1) is 0 Å². The zero-order valence-corrected chi connectivity index (χ0v) is 7.06. The summed E-state index contributed by atoms with van der Waals surface area (Å²) in [7, 11) is 0. The van der Waals surface area contributed by atoms with Crippen molar-refractivity contribution < 1.29 is 24.3 Å². The largest absolute Gasteiger partial charge is 0.482 e. The maximum absolute atomic E-state index is 5.62. The molecule has 72 valence electrons. The van der Waals surface area contributed by atoms with Gasteiger partial charge in [0.05, 0.1) is 0 Å². The molecular formula is C9H6O5. The molecule has 1 aliphatic carbocycles. The van der Waals surface area contributed by atoms with Gasteiger partial charge in [0, 0.05) is 23.6 Å². The van der Waals surface area contributed by atoms with Crippen LogP contribution < -0.4 is 19.2 Å². The van der Waals surface area contributed by atoms with Crippen LogP contribution in [0.15, 0.2) is 12.1 Å². The molecule has 0 radical (unpaired) electrons. The molecular weight excluding hydrogens is 188 g/mol. The van der Waals surface area contributed by atoms with Crippen molar-refractivity contribution in [2.75, 3.05) is 0 Å². The number of rotatable bonds is 0. The minimum Gasteiger partial charge on any atom is -0.482 e. The molecule has 1 aromatic carbocycles. The van der Waals surface area contributed by atoms with Gasteiger partial charge < -0.3 is 9.47 Å². The molecule has 0 spiro atoms. The molecule has 1 fully saturated rings. The van der Waals surface area contributed by atoms with E-state index in [4.69, 9.17) is 19.2 Å². The van der Waals surface area contributed by atoms with Crippen LogP contribution in [0.1, 0.15) is 6.42 Å². The van der Waals surface area contributed by atoms with Crippen LogP contribution in [-0.4, -0.2) is 12.2 Å². The van der Waals surface area contributed by atoms with E-state index < -0.39 is 0 Å². The molecule has 0 amide bonds. The number of hydrogen-bond donors (Lipinski definition) is 0. The topological polar surface area (TPSA) is 46.2 Å². The van der Waals surface area contributed by atoms with Gasteiger partial charge in [0.25, 0.3) is 0 Å². The zero-order valence-electron chi connectivity index (χ0n) is 7.06. The van der Waals surface area contributed by atoms with Gasteiger partial charge in [0.2, 0.25) is 11.5 Å². The number of hydrogen-bond acceptors (Lipinski definition) is 5. The van der Waals surface area contributed by atoms with Crippen molar-refractivity contribution in [1.29, 1.82) is 0 Å². The van der Waals surface area contributed by atoms with Crippen LogP contribution in [0, 0.1) is 0 Å². The summed E-state index contributed by atoms with van der Waals surface area (Å²) >= 11 is 0. The molecule has 0 bridgehead atoms. The SMILES string of the molecule is c1c2c(cc3c1OC1C[C@H]1O3)OOO2. The molecule has 0 N–H and O–H groups in total. The predicted molar refractivity (Wildman–Crippen MR) is 42.2 cm³/mol. The molecule has 0 saturated heterocycles. The Labute approximate surface area is 78.9 Å². The van der Waals surface area contributed by atoms with Crippen molar-refractivity contribution in [3.05, 3.63) is 12.1 Å². The average Bonchev–Trinajstić information content (AvgIpc) is 2.77. The fourth-order valence-corrected chi connectivity index (χ4v) is 1.65. The third-order valence-corrected chi connectivity index (χ3v) is 2.49. The lowest BCUT2D eigenvalue weighted by molar-refractivity contribution is -0.384. The van der Waals surface area contributed by atoms with E-state index >= 15 is 0 Å². The van der Waals surface area contributed by atoms with Crippen LogP contribution in [0.3, 0.4) is 0 Å². The quantitative estimate of drug-likeness (QED) is 0.581. The molecule has 1 saturated carbocycles. The molecule has 3 aliphatic rings. The van der Waals surface area contributed by atoms with Crippen LogP contribution in [0.4, 0.5) is 0 Å². The predicted octanol–water partition coefficient (Wildman–Crippen LogP) is 1.22. The maximum Gasteiger partial charge on any atom is 0.219 e. The average molecular weight is 194 g/mol. The van der Waals surface area contributed by atoms with Gasteiger partial charge >= 0.3 is 0 Å². The van der Waals surface area contributed by atoms with E-state index in [1.54, 1.807) is 12.1 Å². The minimum atomic E-state index is 0.212. The van der Waals surface area contributed by atoms with Crippen molar-refractivity contribution in [2.45, 2.75) is 18.6 Å². The molecule has 1 aromatic rings. The van der Waals surface area contributed by atoms with E-state index in [0.29, 0.717) is 23.0 Å². The minimum absolute atomic E-state index is 0.212. The number of fused-ring (bicyclic) bond motifs is 3. The first-order chi connectivity index (χ1) is 6.90. The van der Waals surface area contributed by atoms with E-state index in [2.05, 4.69) is 5.04 Å². The molecule has 2 aliphatic heterocycles. The second-order valence-corrected chi connectivity index (χ2v) is 3.53. The summed E-state index contributed by atoms with van der Waals surface area (Å²) in [5, 5.41) is 4.36. The third kappa shape index (κ3) is 0.773.